The molecule has 1 aliphatic carbocycles. The third-order valence-corrected chi connectivity index (χ3v) is 7.97. The van der Waals surface area contributed by atoms with Crippen LogP contribution in [-0.4, -0.2) is 31.1 Å². The minimum absolute atomic E-state index is 0.0188. The molecule has 206 valence electrons. The molecule has 1 amide bonds. The van der Waals surface area contributed by atoms with Gasteiger partial charge in [-0.3, -0.25) is 19.5 Å². The maximum atomic E-state index is 14.4. The predicted molar refractivity (Wildman–Crippen MR) is 161 cm³/mol. The van der Waals surface area contributed by atoms with Gasteiger partial charge in [0.25, 0.3) is 5.91 Å². The lowest BCUT2D eigenvalue weighted by molar-refractivity contribution is -0.122. The van der Waals surface area contributed by atoms with E-state index in [0.717, 1.165) is 22.6 Å². The fourth-order valence-corrected chi connectivity index (χ4v) is 6.09. The topological polar surface area (TPSA) is 68.2 Å². The van der Waals surface area contributed by atoms with Gasteiger partial charge < -0.3 is 9.47 Å². The van der Waals surface area contributed by atoms with Crippen LogP contribution in [0, 0.1) is 5.92 Å². The molecule has 0 saturated heterocycles. The number of nitrogens with zero attached hydrogens (tertiary/aromatic N) is 2. The maximum absolute atomic E-state index is 14.4. The lowest BCUT2D eigenvalue weighted by Crippen LogP contribution is -2.45. The molecule has 0 spiro atoms. The Balaban J connectivity index is 1.53. The molecular weight excluding hydrogens is 512 g/mol. The van der Waals surface area contributed by atoms with Crippen LogP contribution in [0.1, 0.15) is 53.2 Å². The van der Waals surface area contributed by atoms with E-state index in [-0.39, 0.29) is 17.6 Å². The Morgan fingerprint density at radius 2 is 1.59 bits per heavy atom. The summed E-state index contributed by atoms with van der Waals surface area (Å²) in [4.78, 5) is 35.6. The number of para-hydroxylation sites is 3. The second-order valence-electron chi connectivity index (χ2n) is 10.4. The van der Waals surface area contributed by atoms with E-state index in [2.05, 4.69) is 0 Å². The summed E-state index contributed by atoms with van der Waals surface area (Å²) >= 11 is 0. The zero-order valence-corrected chi connectivity index (χ0v) is 23.2. The van der Waals surface area contributed by atoms with Gasteiger partial charge in [-0.05, 0) is 67.3 Å². The smallest absolute Gasteiger partial charge is 0.258 e. The van der Waals surface area contributed by atoms with Crippen LogP contribution in [0.2, 0.25) is 0 Å². The van der Waals surface area contributed by atoms with E-state index in [4.69, 9.17) is 14.5 Å². The van der Waals surface area contributed by atoms with Gasteiger partial charge in [0.2, 0.25) is 0 Å². The highest BCUT2D eigenvalue weighted by atomic mass is 16.5. The van der Waals surface area contributed by atoms with Crippen molar-refractivity contribution in [2.24, 2.45) is 10.9 Å². The Morgan fingerprint density at radius 3 is 2.34 bits per heavy atom. The summed E-state index contributed by atoms with van der Waals surface area (Å²) in [6, 6.07) is 31.9. The number of aliphatic imine (C=N–C) groups is 1. The number of benzene rings is 4. The SMILES string of the molecule is CCOc1ccccc1C1C2C(=O)CC(c3ccc(OC)cc3)CC2=Nc2ccccc2N1C(=O)c1ccccc1. The molecule has 2 aliphatic rings. The van der Waals surface area contributed by atoms with Gasteiger partial charge in [-0.1, -0.05) is 60.7 Å². The van der Waals surface area contributed by atoms with Crippen LogP contribution >= 0.6 is 0 Å². The zero-order chi connectivity index (χ0) is 28.3. The molecule has 6 heteroatoms. The summed E-state index contributed by atoms with van der Waals surface area (Å²) in [5, 5.41) is 0. The number of hydrogen-bond acceptors (Lipinski definition) is 5. The molecule has 4 aromatic carbocycles. The summed E-state index contributed by atoms with van der Waals surface area (Å²) in [6.45, 7) is 2.40. The van der Waals surface area contributed by atoms with Crippen molar-refractivity contribution in [3.8, 4) is 11.5 Å². The zero-order valence-electron chi connectivity index (χ0n) is 23.2. The number of rotatable bonds is 6. The third-order valence-electron chi connectivity index (χ3n) is 7.97. The fraction of sp³-hybridized carbons (Fsp3) is 0.229. The van der Waals surface area contributed by atoms with E-state index >= 15 is 0 Å². The molecule has 3 atom stereocenters. The van der Waals surface area contributed by atoms with Crippen LogP contribution in [-0.2, 0) is 4.79 Å². The first-order chi connectivity index (χ1) is 20.1. The van der Waals surface area contributed by atoms with Crippen molar-refractivity contribution in [1.82, 2.24) is 0 Å². The molecule has 1 fully saturated rings. The van der Waals surface area contributed by atoms with Gasteiger partial charge in [0, 0.05) is 23.3 Å². The molecule has 4 aromatic rings. The van der Waals surface area contributed by atoms with Crippen molar-refractivity contribution in [3.63, 3.8) is 0 Å². The molecule has 0 aromatic heterocycles. The average molecular weight is 545 g/mol. The quantitative estimate of drug-likeness (QED) is 0.255. The Morgan fingerprint density at radius 1 is 0.878 bits per heavy atom. The summed E-state index contributed by atoms with van der Waals surface area (Å²) in [5.74, 6) is 0.675. The van der Waals surface area contributed by atoms with Crippen molar-refractivity contribution >= 4 is 28.8 Å². The van der Waals surface area contributed by atoms with Gasteiger partial charge in [0.15, 0.2) is 0 Å². The second kappa shape index (κ2) is 11.4. The number of amides is 1. The molecule has 0 radical (unpaired) electrons. The first-order valence-corrected chi connectivity index (χ1v) is 14.0. The van der Waals surface area contributed by atoms with Crippen molar-refractivity contribution in [1.29, 1.82) is 0 Å². The van der Waals surface area contributed by atoms with E-state index in [1.54, 1.807) is 12.0 Å². The minimum atomic E-state index is -0.628. The molecule has 1 saturated carbocycles. The third kappa shape index (κ3) is 5.02. The van der Waals surface area contributed by atoms with Crippen LogP contribution < -0.4 is 14.4 Å². The highest BCUT2D eigenvalue weighted by Crippen LogP contribution is 2.49. The van der Waals surface area contributed by atoms with Crippen LogP contribution in [0.5, 0.6) is 11.5 Å². The number of carbonyl (C=O) groups excluding carboxylic acids is 2. The Labute approximate surface area is 240 Å². The van der Waals surface area contributed by atoms with Gasteiger partial charge in [0.1, 0.15) is 17.3 Å². The number of ether oxygens (including phenoxy) is 2. The van der Waals surface area contributed by atoms with Gasteiger partial charge in [-0.2, -0.15) is 0 Å². The molecule has 0 N–H and O–H groups in total. The summed E-state index contributed by atoms with van der Waals surface area (Å²) in [7, 11) is 1.64. The minimum Gasteiger partial charge on any atom is -0.497 e. The first-order valence-electron chi connectivity index (χ1n) is 14.0. The molecule has 6 nitrogen and oxygen atoms in total. The van der Waals surface area contributed by atoms with E-state index in [1.807, 2.05) is 110 Å². The number of methoxy groups -OCH3 is 1. The van der Waals surface area contributed by atoms with Crippen LogP contribution in [0.15, 0.2) is 108 Å². The summed E-state index contributed by atoms with van der Waals surface area (Å²) in [5.41, 5.74) is 4.55. The number of fused-ring (bicyclic) bond motifs is 2. The number of Topliss-reactive ketones (excluding diaryl/α,β-unsaturated/α-hetero) is 1. The lowest BCUT2D eigenvalue weighted by atomic mass is 9.72. The summed E-state index contributed by atoms with van der Waals surface area (Å²) < 4.78 is 11.4. The molecule has 6 rings (SSSR count). The van der Waals surface area contributed by atoms with Crippen molar-refractivity contribution < 1.29 is 19.1 Å². The molecule has 3 unspecified atom stereocenters. The van der Waals surface area contributed by atoms with Crippen molar-refractivity contribution in [3.05, 3.63) is 120 Å². The van der Waals surface area contributed by atoms with Crippen LogP contribution in [0.4, 0.5) is 11.4 Å². The Bertz CT molecular complexity index is 1600. The number of carbonyl (C=O) groups is 2. The molecule has 41 heavy (non-hydrogen) atoms. The van der Waals surface area contributed by atoms with Gasteiger partial charge in [-0.15, -0.1) is 0 Å². The van der Waals surface area contributed by atoms with E-state index in [1.165, 1.54) is 0 Å². The number of ketones is 1. The lowest BCUT2D eigenvalue weighted by Gasteiger charge is -2.39. The van der Waals surface area contributed by atoms with E-state index < -0.39 is 12.0 Å². The fourth-order valence-electron chi connectivity index (χ4n) is 6.09. The highest BCUT2D eigenvalue weighted by Gasteiger charge is 2.47. The van der Waals surface area contributed by atoms with Crippen LogP contribution in [0.25, 0.3) is 0 Å². The van der Waals surface area contributed by atoms with Gasteiger partial charge >= 0.3 is 0 Å². The number of anilines is 1. The standard InChI is InChI=1S/C35H32N2O4/c1-3-41-32-16-10-7-13-27(32)34-33-29(21-25(22-31(33)38)23-17-19-26(40-2)20-18-23)36-28-14-8-9-15-30(28)37(34)35(39)24-11-5-4-6-12-24/h4-20,25,33-34H,3,21-22H2,1-2H3. The van der Waals surface area contributed by atoms with Gasteiger partial charge in [-0.25, -0.2) is 0 Å². The highest BCUT2D eigenvalue weighted by molar-refractivity contribution is 6.15. The largest absolute Gasteiger partial charge is 0.497 e. The van der Waals surface area contributed by atoms with E-state index in [9.17, 15) is 9.59 Å². The number of hydrogen-bond donors (Lipinski definition) is 0. The van der Waals surface area contributed by atoms with E-state index in [0.29, 0.717) is 42.1 Å². The molecule has 0 bridgehead atoms. The second-order valence-corrected chi connectivity index (χ2v) is 10.4. The predicted octanol–water partition coefficient (Wildman–Crippen LogP) is 7.33. The van der Waals surface area contributed by atoms with Crippen molar-refractivity contribution in [2.75, 3.05) is 18.6 Å². The van der Waals surface area contributed by atoms with Gasteiger partial charge in [0.05, 0.1) is 37.1 Å². The normalized spacial score (nSPS) is 19.9. The molecular formula is C35H32N2O4. The average Bonchev–Trinajstić information content (AvgIpc) is 3.16. The summed E-state index contributed by atoms with van der Waals surface area (Å²) in [6.07, 6.45) is 0.963. The monoisotopic (exact) mass is 544 g/mol. The first kappa shape index (κ1) is 26.5. The van der Waals surface area contributed by atoms with Crippen LogP contribution in [0.3, 0.4) is 0 Å². The maximum Gasteiger partial charge on any atom is 0.258 e. The Kier molecular flexibility index (Phi) is 7.38. The molecule has 1 heterocycles. The molecule has 1 aliphatic heterocycles. The van der Waals surface area contributed by atoms with Crippen molar-refractivity contribution in [2.45, 2.75) is 31.7 Å². The Hall–Kier alpha value is -4.71.